The molecule has 1 fully saturated rings. The van der Waals surface area contributed by atoms with Crippen molar-refractivity contribution in [1.29, 1.82) is 0 Å². The molecule has 0 radical (unpaired) electrons. The highest BCUT2D eigenvalue weighted by atomic mass is 19.1. The first kappa shape index (κ1) is 15.5. The van der Waals surface area contributed by atoms with Gasteiger partial charge in [0.1, 0.15) is 12.4 Å². The summed E-state index contributed by atoms with van der Waals surface area (Å²) >= 11 is 0. The number of aliphatic hydroxyl groups excluding tert-OH is 1. The Hall–Kier alpha value is -1.86. The fraction of sp³-hybridized carbons (Fsp3) is 0.471. The zero-order valence-corrected chi connectivity index (χ0v) is 12.2. The van der Waals surface area contributed by atoms with Gasteiger partial charge in [0.05, 0.1) is 5.56 Å². The molecule has 3 nitrogen and oxygen atoms in total. The summed E-state index contributed by atoms with van der Waals surface area (Å²) in [5.41, 5.74) is 0.246. The second-order valence-electron chi connectivity index (χ2n) is 5.73. The van der Waals surface area contributed by atoms with Crippen molar-refractivity contribution < 1.29 is 14.3 Å². The summed E-state index contributed by atoms with van der Waals surface area (Å²) in [5, 5.41) is 11.6. The van der Waals surface area contributed by atoms with E-state index in [9.17, 15) is 9.18 Å². The summed E-state index contributed by atoms with van der Waals surface area (Å²) in [6.45, 7) is 1.74. The van der Waals surface area contributed by atoms with E-state index in [-0.39, 0.29) is 23.6 Å². The highest BCUT2D eigenvalue weighted by Crippen LogP contribution is 2.28. The lowest BCUT2D eigenvalue weighted by Crippen LogP contribution is -2.47. The fourth-order valence-corrected chi connectivity index (χ4v) is 2.72. The maximum Gasteiger partial charge on any atom is 0.254 e. The van der Waals surface area contributed by atoms with Crippen molar-refractivity contribution in [1.82, 2.24) is 5.32 Å². The molecule has 1 saturated carbocycles. The van der Waals surface area contributed by atoms with Gasteiger partial charge in [-0.25, -0.2) is 4.39 Å². The molecule has 21 heavy (non-hydrogen) atoms. The van der Waals surface area contributed by atoms with Gasteiger partial charge in [-0.3, -0.25) is 4.79 Å². The minimum absolute atomic E-state index is 0.0383. The van der Waals surface area contributed by atoms with Crippen LogP contribution in [0, 0.1) is 17.7 Å². The van der Waals surface area contributed by atoms with Crippen LogP contribution >= 0.6 is 0 Å². The topological polar surface area (TPSA) is 49.3 Å². The molecule has 4 heteroatoms. The van der Waals surface area contributed by atoms with Crippen molar-refractivity contribution >= 4 is 5.91 Å². The Morgan fingerprint density at radius 2 is 2.10 bits per heavy atom. The van der Waals surface area contributed by atoms with Gasteiger partial charge in [-0.1, -0.05) is 31.1 Å². The molecule has 112 valence electrons. The summed E-state index contributed by atoms with van der Waals surface area (Å²) in [6, 6.07) is 4.25. The van der Waals surface area contributed by atoms with E-state index in [0.717, 1.165) is 25.7 Å². The number of hydrogen-bond donors (Lipinski definition) is 2. The molecule has 1 aliphatic rings. The molecule has 1 aromatic rings. The molecule has 0 unspecified atom stereocenters. The molecule has 1 aromatic carbocycles. The van der Waals surface area contributed by atoms with Gasteiger partial charge < -0.3 is 10.4 Å². The number of carbonyl (C=O) groups is 1. The maximum atomic E-state index is 14.0. The molecular weight excluding hydrogens is 269 g/mol. The average molecular weight is 289 g/mol. The van der Waals surface area contributed by atoms with E-state index < -0.39 is 5.82 Å². The summed E-state index contributed by atoms with van der Waals surface area (Å²) < 4.78 is 14.0. The second-order valence-corrected chi connectivity index (χ2v) is 5.73. The van der Waals surface area contributed by atoms with Crippen LogP contribution in [0.4, 0.5) is 4.39 Å². The van der Waals surface area contributed by atoms with Gasteiger partial charge in [-0.2, -0.15) is 0 Å². The molecule has 1 amide bonds. The summed E-state index contributed by atoms with van der Waals surface area (Å²) in [5.74, 6) is 4.11. The van der Waals surface area contributed by atoms with Crippen LogP contribution in [0.1, 0.15) is 54.9 Å². The van der Waals surface area contributed by atoms with Crippen LogP contribution < -0.4 is 5.32 Å². The van der Waals surface area contributed by atoms with Gasteiger partial charge in [0.25, 0.3) is 5.91 Å². The first-order valence-electron chi connectivity index (χ1n) is 7.26. The monoisotopic (exact) mass is 289 g/mol. The highest BCUT2D eigenvalue weighted by molar-refractivity contribution is 5.95. The van der Waals surface area contributed by atoms with E-state index >= 15 is 0 Å². The Labute approximate surface area is 124 Å². The van der Waals surface area contributed by atoms with E-state index in [4.69, 9.17) is 5.11 Å². The largest absolute Gasteiger partial charge is 0.384 e. The summed E-state index contributed by atoms with van der Waals surface area (Å²) in [7, 11) is 0. The molecule has 1 aliphatic carbocycles. The van der Waals surface area contributed by atoms with Gasteiger partial charge in [0, 0.05) is 11.1 Å². The van der Waals surface area contributed by atoms with Crippen LogP contribution in [0.25, 0.3) is 0 Å². The maximum absolute atomic E-state index is 14.0. The van der Waals surface area contributed by atoms with E-state index in [1.54, 1.807) is 6.07 Å². The van der Waals surface area contributed by atoms with Crippen LogP contribution in [0.2, 0.25) is 0 Å². The number of nitrogens with one attached hydrogen (secondary N) is 1. The van der Waals surface area contributed by atoms with E-state index in [2.05, 4.69) is 17.2 Å². The van der Waals surface area contributed by atoms with Crippen LogP contribution in [0.3, 0.4) is 0 Å². The number of aliphatic hydroxyl groups is 1. The number of benzene rings is 1. The molecule has 2 rings (SSSR count). The predicted octanol–water partition coefficient (Wildman–Crippen LogP) is 2.62. The molecule has 0 bridgehead atoms. The van der Waals surface area contributed by atoms with Crippen LogP contribution in [0.15, 0.2) is 18.2 Å². The van der Waals surface area contributed by atoms with Crippen LogP contribution in [0.5, 0.6) is 0 Å². The lowest BCUT2D eigenvalue weighted by Gasteiger charge is -2.34. The highest BCUT2D eigenvalue weighted by Gasteiger charge is 2.29. The predicted molar refractivity (Wildman–Crippen MR) is 79.3 cm³/mol. The smallest absolute Gasteiger partial charge is 0.254 e. The van der Waals surface area contributed by atoms with E-state index in [1.165, 1.54) is 18.6 Å². The fourth-order valence-electron chi connectivity index (χ4n) is 2.72. The van der Waals surface area contributed by atoms with Crippen molar-refractivity contribution in [2.45, 2.75) is 44.6 Å². The van der Waals surface area contributed by atoms with E-state index in [0.29, 0.717) is 5.56 Å². The molecule has 2 N–H and O–H groups in total. The van der Waals surface area contributed by atoms with Crippen molar-refractivity contribution in [3.05, 3.63) is 35.1 Å². The SMILES string of the molecule is CC1(NC(=O)c2ccc(C#CCO)cc2F)CCCCC1. The number of amides is 1. The Balaban J connectivity index is 2.12. The third kappa shape index (κ3) is 4.05. The van der Waals surface area contributed by atoms with Crippen molar-refractivity contribution in [3.8, 4) is 11.8 Å². The molecule has 0 atom stereocenters. The Morgan fingerprint density at radius 3 is 2.71 bits per heavy atom. The standard InChI is InChI=1S/C17H20FNO2/c1-17(9-3-2-4-10-17)19-16(21)14-8-7-13(6-5-11-20)12-15(14)18/h7-8,12,20H,2-4,9-11H2,1H3,(H,19,21). The lowest BCUT2D eigenvalue weighted by molar-refractivity contribution is 0.0878. The lowest BCUT2D eigenvalue weighted by atomic mass is 9.83. The van der Waals surface area contributed by atoms with Crippen molar-refractivity contribution in [2.24, 2.45) is 0 Å². The number of rotatable bonds is 2. The first-order chi connectivity index (χ1) is 10.0. The van der Waals surface area contributed by atoms with Gasteiger partial charge in [-0.15, -0.1) is 0 Å². The number of carbonyl (C=O) groups excluding carboxylic acids is 1. The zero-order valence-electron chi connectivity index (χ0n) is 12.2. The zero-order chi connectivity index (χ0) is 15.3. The molecule has 0 aromatic heterocycles. The Kier molecular flexibility index (Phi) is 4.98. The molecule has 0 aliphatic heterocycles. The van der Waals surface area contributed by atoms with Gasteiger partial charge in [0.2, 0.25) is 0 Å². The summed E-state index contributed by atoms with van der Waals surface area (Å²) in [6.07, 6.45) is 5.24. The minimum Gasteiger partial charge on any atom is -0.384 e. The Morgan fingerprint density at radius 1 is 1.38 bits per heavy atom. The molecule has 0 heterocycles. The van der Waals surface area contributed by atoms with Crippen LogP contribution in [-0.2, 0) is 0 Å². The summed E-state index contributed by atoms with van der Waals surface area (Å²) in [4.78, 5) is 12.2. The third-order valence-corrected chi connectivity index (χ3v) is 3.90. The molecule has 0 saturated heterocycles. The van der Waals surface area contributed by atoms with E-state index in [1.807, 2.05) is 6.92 Å². The average Bonchev–Trinajstić information content (AvgIpc) is 2.45. The van der Waals surface area contributed by atoms with Crippen molar-refractivity contribution in [3.63, 3.8) is 0 Å². The van der Waals surface area contributed by atoms with Gasteiger partial charge >= 0.3 is 0 Å². The molecular formula is C17H20FNO2. The van der Waals surface area contributed by atoms with Crippen LogP contribution in [-0.4, -0.2) is 23.2 Å². The van der Waals surface area contributed by atoms with Crippen molar-refractivity contribution in [2.75, 3.05) is 6.61 Å². The third-order valence-electron chi connectivity index (χ3n) is 3.90. The van der Waals surface area contributed by atoms with Gasteiger partial charge in [0.15, 0.2) is 0 Å². The Bertz CT molecular complexity index is 580. The minimum atomic E-state index is -0.586. The number of hydrogen-bond acceptors (Lipinski definition) is 2. The molecule has 0 spiro atoms. The first-order valence-corrected chi connectivity index (χ1v) is 7.26. The number of halogens is 1. The second kappa shape index (κ2) is 6.73. The quantitative estimate of drug-likeness (QED) is 0.822. The van der Waals surface area contributed by atoms with Gasteiger partial charge in [-0.05, 0) is 38.0 Å². The normalized spacial score (nSPS) is 16.7.